The van der Waals surface area contributed by atoms with Gasteiger partial charge in [-0.1, -0.05) is 12.1 Å². The minimum Gasteiger partial charge on any atom is -0.469 e. The Morgan fingerprint density at radius 3 is 2.56 bits per heavy atom. The first-order valence-electron chi connectivity index (χ1n) is 4.76. The Morgan fingerprint density at radius 1 is 1.39 bits per heavy atom. The summed E-state index contributed by atoms with van der Waals surface area (Å²) in [6, 6.07) is 3.41. The van der Waals surface area contributed by atoms with Crippen molar-refractivity contribution in [2.45, 2.75) is 12.8 Å². The zero-order chi connectivity index (χ0) is 13.8. The molecule has 1 aromatic carbocycles. The highest BCUT2D eigenvalue weighted by Crippen LogP contribution is 2.27. The summed E-state index contributed by atoms with van der Waals surface area (Å²) in [5.74, 6) is -1.29. The van der Waals surface area contributed by atoms with Crippen LogP contribution in [0, 0.1) is 0 Å². The summed E-state index contributed by atoms with van der Waals surface area (Å²) < 4.78 is 44.6. The second-order valence-corrected chi connectivity index (χ2v) is 3.29. The lowest BCUT2D eigenvalue weighted by Gasteiger charge is -2.13. The van der Waals surface area contributed by atoms with Gasteiger partial charge in [-0.05, 0) is 6.07 Å². The van der Waals surface area contributed by atoms with Gasteiger partial charge in [-0.25, -0.2) is 0 Å². The van der Waals surface area contributed by atoms with Crippen LogP contribution < -0.4 is 4.74 Å². The Morgan fingerprint density at radius 2 is 2.06 bits per heavy atom. The summed E-state index contributed by atoms with van der Waals surface area (Å²) in [6.45, 7) is 0. The van der Waals surface area contributed by atoms with Crippen LogP contribution in [-0.4, -0.2) is 25.7 Å². The van der Waals surface area contributed by atoms with E-state index in [1.807, 2.05) is 0 Å². The number of rotatable bonds is 4. The third-order valence-electron chi connectivity index (χ3n) is 2.02. The fraction of sp³-hybridized carbons (Fsp3) is 0.273. The number of hydrogen-bond acceptors (Lipinski definition) is 4. The number of carbonyl (C=O) groups is 2. The zero-order valence-electron chi connectivity index (χ0n) is 9.28. The second-order valence-electron chi connectivity index (χ2n) is 3.29. The highest BCUT2D eigenvalue weighted by atomic mass is 19.4. The van der Waals surface area contributed by atoms with E-state index in [9.17, 15) is 22.8 Å². The summed E-state index contributed by atoms with van der Waals surface area (Å²) >= 11 is 0. The van der Waals surface area contributed by atoms with Crippen molar-refractivity contribution in [3.05, 3.63) is 29.3 Å². The molecular formula is C11H9F3O4. The van der Waals surface area contributed by atoms with Gasteiger partial charge in [0.15, 0.2) is 0 Å². The summed E-state index contributed by atoms with van der Waals surface area (Å²) in [6.07, 6.45) is -4.89. The molecule has 1 rings (SSSR count). The molecule has 0 radical (unpaired) electrons. The SMILES string of the molecule is COC(=O)Cc1ccc(C=O)cc1OC(F)(F)F. The van der Waals surface area contributed by atoms with Crippen molar-refractivity contribution in [1.29, 1.82) is 0 Å². The van der Waals surface area contributed by atoms with E-state index in [1.54, 1.807) is 0 Å². The third kappa shape index (κ3) is 4.08. The molecule has 0 aliphatic rings. The van der Waals surface area contributed by atoms with E-state index in [0.29, 0.717) is 6.29 Å². The molecule has 7 heteroatoms. The monoisotopic (exact) mass is 262 g/mol. The van der Waals surface area contributed by atoms with Crippen molar-refractivity contribution in [1.82, 2.24) is 0 Å². The third-order valence-corrected chi connectivity index (χ3v) is 2.02. The van der Waals surface area contributed by atoms with Gasteiger partial charge in [0.1, 0.15) is 12.0 Å². The summed E-state index contributed by atoms with van der Waals surface area (Å²) in [7, 11) is 1.12. The Labute approximate surface area is 100 Å². The maximum Gasteiger partial charge on any atom is 0.573 e. The lowest BCUT2D eigenvalue weighted by Crippen LogP contribution is -2.19. The van der Waals surface area contributed by atoms with Crippen LogP contribution in [0.3, 0.4) is 0 Å². The predicted octanol–water partition coefficient (Wildman–Crippen LogP) is 2.11. The molecule has 0 unspecified atom stereocenters. The summed E-state index contributed by atoms with van der Waals surface area (Å²) in [4.78, 5) is 21.5. The van der Waals surface area contributed by atoms with Gasteiger partial charge >= 0.3 is 12.3 Å². The minimum absolute atomic E-state index is 0.00947. The van der Waals surface area contributed by atoms with Crippen LogP contribution >= 0.6 is 0 Å². The van der Waals surface area contributed by atoms with Crippen LogP contribution in [0.1, 0.15) is 15.9 Å². The molecular weight excluding hydrogens is 253 g/mol. The first kappa shape index (κ1) is 14.0. The molecule has 0 saturated heterocycles. The number of esters is 1. The molecule has 0 aliphatic carbocycles. The van der Waals surface area contributed by atoms with E-state index < -0.39 is 18.1 Å². The average molecular weight is 262 g/mol. The predicted molar refractivity (Wildman–Crippen MR) is 54.2 cm³/mol. The van der Waals surface area contributed by atoms with Gasteiger partial charge in [0, 0.05) is 11.1 Å². The van der Waals surface area contributed by atoms with Crippen LogP contribution in [0.4, 0.5) is 13.2 Å². The molecule has 0 fully saturated rings. The second kappa shape index (κ2) is 5.52. The van der Waals surface area contributed by atoms with Crippen LogP contribution in [0.2, 0.25) is 0 Å². The molecule has 0 amide bonds. The van der Waals surface area contributed by atoms with Crippen LogP contribution in [0.5, 0.6) is 5.75 Å². The molecule has 0 spiro atoms. The van der Waals surface area contributed by atoms with Gasteiger partial charge in [0.25, 0.3) is 0 Å². The molecule has 18 heavy (non-hydrogen) atoms. The molecule has 0 aliphatic heterocycles. The Balaban J connectivity index is 3.08. The van der Waals surface area contributed by atoms with Crippen LogP contribution in [0.15, 0.2) is 18.2 Å². The van der Waals surface area contributed by atoms with Crippen LogP contribution in [-0.2, 0) is 16.0 Å². The van der Waals surface area contributed by atoms with Crippen molar-refractivity contribution in [3.63, 3.8) is 0 Å². The van der Waals surface area contributed by atoms with Crippen molar-refractivity contribution >= 4 is 12.3 Å². The standard InChI is InChI=1S/C11H9F3O4/c1-17-10(16)5-8-3-2-7(6-15)4-9(8)18-11(12,13)14/h2-4,6H,5H2,1H3. The maximum atomic E-state index is 12.1. The van der Waals surface area contributed by atoms with Gasteiger partial charge in [0.05, 0.1) is 13.5 Å². The topological polar surface area (TPSA) is 52.6 Å². The normalized spacial score (nSPS) is 10.9. The van der Waals surface area contributed by atoms with Gasteiger partial charge in [-0.15, -0.1) is 13.2 Å². The highest BCUT2D eigenvalue weighted by Gasteiger charge is 2.32. The molecule has 0 N–H and O–H groups in total. The van der Waals surface area contributed by atoms with Crippen molar-refractivity contribution < 1.29 is 32.2 Å². The van der Waals surface area contributed by atoms with E-state index in [0.717, 1.165) is 13.2 Å². The van der Waals surface area contributed by atoms with Gasteiger partial charge in [-0.3, -0.25) is 9.59 Å². The maximum absolute atomic E-state index is 12.1. The quantitative estimate of drug-likeness (QED) is 0.616. The molecule has 0 atom stereocenters. The van der Waals surface area contributed by atoms with Crippen molar-refractivity contribution in [2.75, 3.05) is 7.11 Å². The lowest BCUT2D eigenvalue weighted by molar-refractivity contribution is -0.274. The lowest BCUT2D eigenvalue weighted by atomic mass is 10.1. The highest BCUT2D eigenvalue weighted by molar-refractivity contribution is 5.78. The van der Waals surface area contributed by atoms with Gasteiger partial charge in [0.2, 0.25) is 0 Å². The summed E-state index contributed by atoms with van der Waals surface area (Å²) in [5, 5.41) is 0. The van der Waals surface area contributed by atoms with E-state index in [-0.39, 0.29) is 17.5 Å². The number of methoxy groups -OCH3 is 1. The van der Waals surface area contributed by atoms with E-state index in [1.165, 1.54) is 12.1 Å². The number of carbonyl (C=O) groups excluding carboxylic acids is 2. The number of benzene rings is 1. The fourth-order valence-corrected chi connectivity index (χ4v) is 1.24. The van der Waals surface area contributed by atoms with Gasteiger partial charge in [-0.2, -0.15) is 0 Å². The number of halogens is 3. The molecule has 0 saturated carbocycles. The molecule has 4 nitrogen and oxygen atoms in total. The molecule has 98 valence electrons. The molecule has 1 aromatic rings. The minimum atomic E-state index is -4.90. The summed E-state index contributed by atoms with van der Waals surface area (Å²) in [5.41, 5.74) is 0.00707. The van der Waals surface area contributed by atoms with E-state index in [4.69, 9.17) is 0 Å². The molecule has 0 heterocycles. The first-order chi connectivity index (χ1) is 8.35. The zero-order valence-corrected chi connectivity index (χ0v) is 9.28. The van der Waals surface area contributed by atoms with Crippen molar-refractivity contribution in [3.8, 4) is 5.75 Å². The first-order valence-corrected chi connectivity index (χ1v) is 4.76. The van der Waals surface area contributed by atoms with E-state index >= 15 is 0 Å². The number of alkyl halides is 3. The molecule has 0 aromatic heterocycles. The van der Waals surface area contributed by atoms with E-state index in [2.05, 4.69) is 9.47 Å². The number of ether oxygens (including phenoxy) is 2. The number of hydrogen-bond donors (Lipinski definition) is 0. The Kier molecular flexibility index (Phi) is 4.30. The Hall–Kier alpha value is -2.05. The largest absolute Gasteiger partial charge is 0.573 e. The number of aldehydes is 1. The van der Waals surface area contributed by atoms with Gasteiger partial charge < -0.3 is 9.47 Å². The van der Waals surface area contributed by atoms with Crippen molar-refractivity contribution in [2.24, 2.45) is 0 Å². The smallest absolute Gasteiger partial charge is 0.469 e. The average Bonchev–Trinajstić information content (AvgIpc) is 2.29. The molecule has 0 bridgehead atoms. The Bertz CT molecular complexity index is 454. The van der Waals surface area contributed by atoms with Crippen LogP contribution in [0.25, 0.3) is 0 Å². The fourth-order valence-electron chi connectivity index (χ4n) is 1.24.